The molecule has 0 radical (unpaired) electrons. The third kappa shape index (κ3) is 2.15. The molecule has 2 aromatic rings. The fourth-order valence-electron chi connectivity index (χ4n) is 1.83. The summed E-state index contributed by atoms with van der Waals surface area (Å²) in [4.78, 5) is 13.8. The number of pyridine rings is 1. The zero-order valence-electron chi connectivity index (χ0n) is 9.18. The van der Waals surface area contributed by atoms with E-state index in [9.17, 15) is 15.0 Å². The van der Waals surface area contributed by atoms with Gasteiger partial charge in [0.25, 0.3) is 0 Å². The first-order chi connectivity index (χ1) is 8.13. The number of quaternary nitrogens is 1. The summed E-state index contributed by atoms with van der Waals surface area (Å²) < 4.78 is 0. The first-order valence-corrected chi connectivity index (χ1v) is 5.27. The van der Waals surface area contributed by atoms with Crippen LogP contribution in [0.3, 0.4) is 0 Å². The fraction of sp³-hybridized carbons (Fsp3) is 0.167. The van der Waals surface area contributed by atoms with Crippen LogP contribution in [0.5, 0.6) is 5.75 Å². The minimum atomic E-state index is -0.693. The molecule has 1 aromatic heterocycles. The molecule has 0 saturated heterocycles. The Kier molecular flexibility index (Phi) is 3.12. The van der Waals surface area contributed by atoms with Gasteiger partial charge in [0.05, 0.1) is 12.1 Å². The SMILES string of the molecule is [CH2-][NH2+]CC(O)c1ccc(O)c2[nH]c(=O)ccc12. The predicted molar refractivity (Wildman–Crippen MR) is 63.3 cm³/mol. The third-order valence-electron chi connectivity index (χ3n) is 2.66. The molecule has 1 heterocycles. The maximum Gasteiger partial charge on any atom is 0.248 e. The highest BCUT2D eigenvalue weighted by atomic mass is 16.3. The van der Waals surface area contributed by atoms with E-state index in [0.717, 1.165) is 0 Å². The zero-order valence-corrected chi connectivity index (χ0v) is 9.18. The molecule has 0 spiro atoms. The number of aromatic hydroxyl groups is 1. The molecule has 1 aromatic carbocycles. The van der Waals surface area contributed by atoms with Gasteiger partial charge in [0.15, 0.2) is 0 Å². The van der Waals surface area contributed by atoms with Gasteiger partial charge in [-0.2, -0.15) is 7.05 Å². The molecule has 17 heavy (non-hydrogen) atoms. The van der Waals surface area contributed by atoms with Gasteiger partial charge in [-0.3, -0.25) is 4.79 Å². The van der Waals surface area contributed by atoms with Gasteiger partial charge in [-0.15, -0.1) is 0 Å². The molecule has 0 aliphatic heterocycles. The number of rotatable bonds is 3. The number of benzene rings is 1. The van der Waals surface area contributed by atoms with E-state index in [1.54, 1.807) is 17.4 Å². The Hall–Kier alpha value is -1.85. The average molecular weight is 234 g/mol. The van der Waals surface area contributed by atoms with Crippen molar-refractivity contribution >= 4 is 10.9 Å². The molecule has 2 rings (SSSR count). The van der Waals surface area contributed by atoms with Crippen molar-refractivity contribution in [2.75, 3.05) is 6.54 Å². The Bertz CT molecular complexity index is 592. The summed E-state index contributed by atoms with van der Waals surface area (Å²) >= 11 is 0. The summed E-state index contributed by atoms with van der Waals surface area (Å²) in [5.74, 6) is -0.00717. The highest BCUT2D eigenvalue weighted by Crippen LogP contribution is 2.27. The van der Waals surface area contributed by atoms with Gasteiger partial charge in [-0.05, 0) is 17.7 Å². The first kappa shape index (κ1) is 11.6. The van der Waals surface area contributed by atoms with E-state index >= 15 is 0 Å². The van der Waals surface area contributed by atoms with Gasteiger partial charge in [-0.1, -0.05) is 6.07 Å². The molecule has 0 fully saturated rings. The number of phenolic OH excluding ortho intramolecular Hbond substituents is 1. The van der Waals surface area contributed by atoms with Gasteiger partial charge < -0.3 is 20.5 Å². The van der Waals surface area contributed by atoms with E-state index in [-0.39, 0.29) is 11.3 Å². The van der Waals surface area contributed by atoms with E-state index in [1.165, 1.54) is 12.1 Å². The number of hydrogen-bond donors (Lipinski definition) is 4. The van der Waals surface area contributed by atoms with E-state index < -0.39 is 6.10 Å². The van der Waals surface area contributed by atoms with Crippen LogP contribution in [0.15, 0.2) is 29.1 Å². The molecular weight excluding hydrogens is 220 g/mol. The Labute approximate surface area is 97.7 Å². The summed E-state index contributed by atoms with van der Waals surface area (Å²) in [6.07, 6.45) is -0.693. The normalized spacial score (nSPS) is 12.8. The second-order valence-electron chi connectivity index (χ2n) is 3.83. The summed E-state index contributed by atoms with van der Waals surface area (Å²) in [6.45, 7) is 0.416. The van der Waals surface area contributed by atoms with Gasteiger partial charge in [0.1, 0.15) is 11.9 Å². The molecule has 0 amide bonds. The number of aliphatic hydroxyl groups is 1. The van der Waals surface area contributed by atoms with Gasteiger partial charge in [0, 0.05) is 11.5 Å². The van der Waals surface area contributed by atoms with Crippen LogP contribution in [-0.4, -0.2) is 21.7 Å². The number of H-pyrrole nitrogens is 1. The summed E-state index contributed by atoms with van der Waals surface area (Å²) in [6, 6.07) is 6.06. The van der Waals surface area contributed by atoms with Crippen LogP contribution in [-0.2, 0) is 0 Å². The highest BCUT2D eigenvalue weighted by Gasteiger charge is 2.13. The Morgan fingerprint density at radius 2 is 2.12 bits per heavy atom. The van der Waals surface area contributed by atoms with E-state index in [4.69, 9.17) is 0 Å². The zero-order chi connectivity index (χ0) is 12.4. The monoisotopic (exact) mass is 234 g/mol. The number of fused-ring (bicyclic) bond motifs is 1. The van der Waals surface area contributed by atoms with Crippen LogP contribution in [0.25, 0.3) is 10.9 Å². The maximum atomic E-state index is 11.2. The lowest BCUT2D eigenvalue weighted by molar-refractivity contribution is -0.604. The Morgan fingerprint density at radius 3 is 2.82 bits per heavy atom. The minimum absolute atomic E-state index is 0.00717. The van der Waals surface area contributed by atoms with Crippen LogP contribution in [0, 0.1) is 7.05 Å². The van der Waals surface area contributed by atoms with Crippen LogP contribution >= 0.6 is 0 Å². The topological polar surface area (TPSA) is 89.9 Å². The average Bonchev–Trinajstić information content (AvgIpc) is 2.30. The largest absolute Gasteiger partial charge is 0.506 e. The standard InChI is InChI=1S/C12H14N2O3/c1-13-6-10(16)7-2-4-9(15)12-8(7)3-5-11(17)14-12/h2-5,10,15-16H,1,6,13H2,(H,14,17). The van der Waals surface area contributed by atoms with E-state index in [1.807, 2.05) is 0 Å². The molecule has 5 nitrogen and oxygen atoms in total. The lowest BCUT2D eigenvalue weighted by Crippen LogP contribution is -2.78. The molecule has 90 valence electrons. The lowest BCUT2D eigenvalue weighted by atomic mass is 10.0. The first-order valence-electron chi connectivity index (χ1n) is 5.27. The van der Waals surface area contributed by atoms with Crippen LogP contribution < -0.4 is 10.9 Å². The smallest absolute Gasteiger partial charge is 0.248 e. The molecule has 0 saturated carbocycles. The number of aromatic amines is 1. The number of nitrogens with two attached hydrogens (primary N) is 1. The number of hydrogen-bond acceptors (Lipinski definition) is 3. The number of aliphatic hydroxyl groups excluding tert-OH is 1. The van der Waals surface area contributed by atoms with Crippen molar-refractivity contribution in [3.63, 3.8) is 0 Å². The van der Waals surface area contributed by atoms with Crippen molar-refractivity contribution in [2.45, 2.75) is 6.10 Å². The second-order valence-corrected chi connectivity index (χ2v) is 3.83. The van der Waals surface area contributed by atoms with Crippen molar-refractivity contribution in [2.24, 2.45) is 0 Å². The molecule has 0 aliphatic carbocycles. The summed E-state index contributed by atoms with van der Waals surface area (Å²) in [5.41, 5.74) is 0.718. The molecule has 5 heteroatoms. The minimum Gasteiger partial charge on any atom is -0.506 e. The van der Waals surface area contributed by atoms with Crippen molar-refractivity contribution in [3.8, 4) is 5.75 Å². The molecule has 1 unspecified atom stereocenters. The van der Waals surface area contributed by atoms with Crippen molar-refractivity contribution < 1.29 is 15.5 Å². The van der Waals surface area contributed by atoms with Gasteiger partial charge >= 0.3 is 0 Å². The molecule has 1 atom stereocenters. The quantitative estimate of drug-likeness (QED) is 0.546. The predicted octanol–water partition coefficient (Wildman–Crippen LogP) is -0.378. The molecule has 0 bridgehead atoms. The molecule has 0 aliphatic rings. The summed E-state index contributed by atoms with van der Waals surface area (Å²) in [5, 5.41) is 21.9. The Morgan fingerprint density at radius 1 is 1.35 bits per heavy atom. The Balaban J connectivity index is 2.66. The van der Waals surface area contributed by atoms with Crippen molar-refractivity contribution in [1.82, 2.24) is 4.98 Å². The number of nitrogens with one attached hydrogen (secondary N) is 1. The van der Waals surface area contributed by atoms with Crippen molar-refractivity contribution in [1.29, 1.82) is 0 Å². The van der Waals surface area contributed by atoms with Crippen LogP contribution in [0.2, 0.25) is 0 Å². The van der Waals surface area contributed by atoms with Crippen molar-refractivity contribution in [3.05, 3.63) is 47.2 Å². The maximum absolute atomic E-state index is 11.2. The van der Waals surface area contributed by atoms with E-state index in [0.29, 0.717) is 23.0 Å². The number of phenols is 1. The summed E-state index contributed by atoms with van der Waals surface area (Å²) in [7, 11) is 3.57. The highest BCUT2D eigenvalue weighted by molar-refractivity contribution is 5.87. The third-order valence-corrected chi connectivity index (χ3v) is 2.66. The van der Waals surface area contributed by atoms with Crippen LogP contribution in [0.1, 0.15) is 11.7 Å². The van der Waals surface area contributed by atoms with Gasteiger partial charge in [0.2, 0.25) is 5.56 Å². The molecule has 5 N–H and O–H groups in total. The van der Waals surface area contributed by atoms with Gasteiger partial charge in [-0.25, -0.2) is 0 Å². The number of aromatic nitrogens is 1. The fourth-order valence-corrected chi connectivity index (χ4v) is 1.83. The lowest BCUT2D eigenvalue weighted by Gasteiger charge is -2.13. The second kappa shape index (κ2) is 4.57. The molecular formula is C12H14N2O3. The van der Waals surface area contributed by atoms with Crippen LogP contribution in [0.4, 0.5) is 0 Å². The van der Waals surface area contributed by atoms with E-state index in [2.05, 4.69) is 12.0 Å².